The molecule has 0 heterocycles. The Kier molecular flexibility index (Phi) is 5.14. The zero-order chi connectivity index (χ0) is 12.1. The van der Waals surface area contributed by atoms with Gasteiger partial charge in [-0.15, -0.1) is 0 Å². The zero-order valence-electron chi connectivity index (χ0n) is 9.44. The molecule has 0 aliphatic rings. The number of nitrogen functional groups attached to an aromatic ring is 1. The van der Waals surface area contributed by atoms with Gasteiger partial charge in [0.15, 0.2) is 5.75 Å². The van der Waals surface area contributed by atoms with E-state index < -0.39 is 10.1 Å². The van der Waals surface area contributed by atoms with E-state index >= 15 is 0 Å². The molecule has 0 atom stereocenters. The van der Waals surface area contributed by atoms with Crippen LogP contribution in [0.4, 0.5) is 5.69 Å². The second kappa shape index (κ2) is 5.60. The van der Waals surface area contributed by atoms with Gasteiger partial charge in [-0.3, -0.25) is 0 Å². The first-order valence-electron chi connectivity index (χ1n) is 4.64. The maximum Gasteiger partial charge on any atom is 0.306 e. The van der Waals surface area contributed by atoms with Crippen LogP contribution < -0.4 is 9.92 Å². The molecule has 1 aromatic carbocycles. The van der Waals surface area contributed by atoms with Gasteiger partial charge >= 0.3 is 10.1 Å². The molecule has 0 fully saturated rings. The Labute approximate surface area is 91.2 Å². The van der Waals surface area contributed by atoms with Gasteiger partial charge < -0.3 is 9.92 Å². The van der Waals surface area contributed by atoms with Crippen LogP contribution in [0.5, 0.6) is 5.75 Å². The number of nitrogens with two attached hydrogens (primary N) is 1. The van der Waals surface area contributed by atoms with E-state index in [-0.39, 0.29) is 5.75 Å². The fourth-order valence-corrected chi connectivity index (χ4v) is 1.35. The minimum absolute atomic E-state index is 0.183. The molecule has 5 heteroatoms. The van der Waals surface area contributed by atoms with Gasteiger partial charge in [0.2, 0.25) is 0 Å². The van der Waals surface area contributed by atoms with Crippen molar-refractivity contribution in [1.82, 2.24) is 0 Å². The summed E-state index contributed by atoms with van der Waals surface area (Å²) in [6.07, 6.45) is 0.981. The van der Waals surface area contributed by atoms with Gasteiger partial charge in [0.1, 0.15) is 0 Å². The molecule has 0 unspecified atom stereocenters. The SMILES string of the molecule is CC.Cc1ccc(N)c(OS(C)(=O)=O)c1. The first-order valence-corrected chi connectivity index (χ1v) is 6.46. The summed E-state index contributed by atoms with van der Waals surface area (Å²) < 4.78 is 26.2. The lowest BCUT2D eigenvalue weighted by atomic mass is 10.2. The standard InChI is InChI=1S/C8H11NO3S.C2H6/c1-6-3-4-7(9)8(5-6)12-13(2,10)11;1-2/h3-5H,9H2,1-2H3;1-2H3. The highest BCUT2D eigenvalue weighted by Gasteiger charge is 2.07. The number of anilines is 1. The highest BCUT2D eigenvalue weighted by molar-refractivity contribution is 7.86. The molecule has 15 heavy (non-hydrogen) atoms. The molecule has 1 rings (SSSR count). The quantitative estimate of drug-likeness (QED) is 0.624. The summed E-state index contributed by atoms with van der Waals surface area (Å²) >= 11 is 0. The fourth-order valence-electron chi connectivity index (χ4n) is 0.877. The molecular formula is C10H17NO3S. The summed E-state index contributed by atoms with van der Waals surface area (Å²) in [6, 6.07) is 4.97. The normalized spacial score (nSPS) is 10.1. The molecule has 0 aliphatic carbocycles. The number of hydrogen-bond donors (Lipinski definition) is 1. The van der Waals surface area contributed by atoms with Crippen molar-refractivity contribution in [2.45, 2.75) is 20.8 Å². The Balaban J connectivity index is 0.000000921. The predicted molar refractivity (Wildman–Crippen MR) is 62.4 cm³/mol. The molecule has 86 valence electrons. The highest BCUT2D eigenvalue weighted by Crippen LogP contribution is 2.23. The summed E-state index contributed by atoms with van der Waals surface area (Å²) in [5, 5.41) is 0. The molecule has 0 bridgehead atoms. The van der Waals surface area contributed by atoms with Gasteiger partial charge in [0, 0.05) is 0 Å². The van der Waals surface area contributed by atoms with Gasteiger partial charge in [-0.25, -0.2) is 0 Å². The van der Waals surface area contributed by atoms with Crippen molar-refractivity contribution in [2.75, 3.05) is 12.0 Å². The Morgan fingerprint density at radius 3 is 2.27 bits per heavy atom. The molecule has 0 aliphatic heterocycles. The molecule has 0 aromatic heterocycles. The first kappa shape index (κ1) is 13.8. The smallest absolute Gasteiger partial charge is 0.306 e. The summed E-state index contributed by atoms with van der Waals surface area (Å²) in [5.74, 6) is 0.183. The van der Waals surface area contributed by atoms with Crippen molar-refractivity contribution < 1.29 is 12.6 Å². The lowest BCUT2D eigenvalue weighted by molar-refractivity contribution is 0.494. The topological polar surface area (TPSA) is 69.4 Å². The van der Waals surface area contributed by atoms with Crippen molar-refractivity contribution in [2.24, 2.45) is 0 Å². The largest absolute Gasteiger partial charge is 0.396 e. The molecule has 2 N–H and O–H groups in total. The molecule has 0 saturated carbocycles. The van der Waals surface area contributed by atoms with Gasteiger partial charge in [-0.05, 0) is 24.6 Å². The van der Waals surface area contributed by atoms with Crippen LogP contribution in [-0.2, 0) is 10.1 Å². The highest BCUT2D eigenvalue weighted by atomic mass is 32.2. The van der Waals surface area contributed by atoms with E-state index in [1.165, 1.54) is 0 Å². The minimum atomic E-state index is -3.50. The molecule has 0 saturated heterocycles. The molecular weight excluding hydrogens is 214 g/mol. The van der Waals surface area contributed by atoms with E-state index in [0.717, 1.165) is 11.8 Å². The summed E-state index contributed by atoms with van der Waals surface area (Å²) in [6.45, 7) is 5.83. The predicted octanol–water partition coefficient (Wildman–Crippen LogP) is 1.94. The van der Waals surface area contributed by atoms with Gasteiger partial charge in [0.05, 0.1) is 11.9 Å². The maximum atomic E-state index is 10.8. The van der Waals surface area contributed by atoms with E-state index in [1.54, 1.807) is 18.2 Å². The van der Waals surface area contributed by atoms with Crippen molar-refractivity contribution in [3.05, 3.63) is 23.8 Å². The number of hydrogen-bond acceptors (Lipinski definition) is 4. The van der Waals surface area contributed by atoms with E-state index in [1.807, 2.05) is 20.8 Å². The van der Waals surface area contributed by atoms with E-state index in [2.05, 4.69) is 4.18 Å². The molecule has 0 radical (unpaired) electrons. The van der Waals surface area contributed by atoms with Crippen LogP contribution in [0.3, 0.4) is 0 Å². The number of aryl methyl sites for hydroxylation is 1. The van der Waals surface area contributed by atoms with Crippen molar-refractivity contribution in [3.63, 3.8) is 0 Å². The average Bonchev–Trinajstić information content (AvgIpc) is 2.12. The van der Waals surface area contributed by atoms with Gasteiger partial charge in [-0.2, -0.15) is 8.42 Å². The fraction of sp³-hybridized carbons (Fsp3) is 0.400. The van der Waals surface area contributed by atoms with Crippen molar-refractivity contribution in [3.8, 4) is 5.75 Å². The van der Waals surface area contributed by atoms with E-state index in [0.29, 0.717) is 5.69 Å². The molecule has 1 aromatic rings. The lowest BCUT2D eigenvalue weighted by Crippen LogP contribution is -2.07. The van der Waals surface area contributed by atoms with Crippen LogP contribution in [-0.4, -0.2) is 14.7 Å². The van der Waals surface area contributed by atoms with Gasteiger partial charge in [-0.1, -0.05) is 19.9 Å². The molecule has 0 amide bonds. The first-order chi connectivity index (χ1) is 6.88. The third kappa shape index (κ3) is 5.27. The maximum absolute atomic E-state index is 10.8. The Bertz CT molecular complexity index is 413. The summed E-state index contributed by atoms with van der Waals surface area (Å²) in [7, 11) is -3.50. The van der Waals surface area contributed by atoms with Crippen molar-refractivity contribution >= 4 is 15.8 Å². The third-order valence-corrected chi connectivity index (χ3v) is 1.89. The average molecular weight is 231 g/mol. The zero-order valence-corrected chi connectivity index (χ0v) is 10.3. The monoisotopic (exact) mass is 231 g/mol. The van der Waals surface area contributed by atoms with Crippen LogP contribution in [0, 0.1) is 6.92 Å². The Hall–Kier alpha value is -1.23. The molecule has 4 nitrogen and oxygen atoms in total. The van der Waals surface area contributed by atoms with Crippen LogP contribution in [0.1, 0.15) is 19.4 Å². The summed E-state index contributed by atoms with van der Waals surface area (Å²) in [4.78, 5) is 0. The summed E-state index contributed by atoms with van der Waals surface area (Å²) in [5.41, 5.74) is 6.72. The number of benzene rings is 1. The van der Waals surface area contributed by atoms with E-state index in [9.17, 15) is 8.42 Å². The lowest BCUT2D eigenvalue weighted by Gasteiger charge is -2.06. The van der Waals surface area contributed by atoms with Gasteiger partial charge in [0.25, 0.3) is 0 Å². The van der Waals surface area contributed by atoms with Crippen LogP contribution in [0.2, 0.25) is 0 Å². The second-order valence-electron chi connectivity index (χ2n) is 2.83. The minimum Gasteiger partial charge on any atom is -0.396 e. The van der Waals surface area contributed by atoms with Crippen LogP contribution >= 0.6 is 0 Å². The number of rotatable bonds is 2. The Morgan fingerprint density at radius 2 is 1.80 bits per heavy atom. The molecule has 0 spiro atoms. The van der Waals surface area contributed by atoms with Crippen molar-refractivity contribution in [1.29, 1.82) is 0 Å². The van der Waals surface area contributed by atoms with Crippen LogP contribution in [0.15, 0.2) is 18.2 Å². The van der Waals surface area contributed by atoms with E-state index in [4.69, 9.17) is 5.73 Å². The Morgan fingerprint density at radius 1 is 1.27 bits per heavy atom. The second-order valence-corrected chi connectivity index (χ2v) is 4.40. The van der Waals surface area contributed by atoms with Crippen LogP contribution in [0.25, 0.3) is 0 Å². The third-order valence-electron chi connectivity index (χ3n) is 1.41.